The van der Waals surface area contributed by atoms with Crippen molar-refractivity contribution in [2.45, 2.75) is 39.0 Å². The molecule has 3 heteroatoms. The van der Waals surface area contributed by atoms with Gasteiger partial charge in [0.05, 0.1) is 5.69 Å². The van der Waals surface area contributed by atoms with Crippen LogP contribution in [-0.2, 0) is 6.42 Å². The SMILES string of the molecule is CCCCCCc1[nH]c2ccccc2c(=O)c1O. The Morgan fingerprint density at radius 3 is 2.72 bits per heavy atom. The highest BCUT2D eigenvalue weighted by atomic mass is 16.3. The van der Waals surface area contributed by atoms with Gasteiger partial charge in [0, 0.05) is 10.9 Å². The number of hydrogen-bond donors (Lipinski definition) is 2. The second-order valence-corrected chi connectivity index (χ2v) is 4.64. The first-order chi connectivity index (χ1) is 8.74. The molecule has 3 nitrogen and oxygen atoms in total. The van der Waals surface area contributed by atoms with E-state index in [9.17, 15) is 9.90 Å². The summed E-state index contributed by atoms with van der Waals surface area (Å²) in [5.74, 6) is -0.120. The summed E-state index contributed by atoms with van der Waals surface area (Å²) in [5.41, 5.74) is 1.19. The number of aryl methyl sites for hydroxylation is 1. The summed E-state index contributed by atoms with van der Waals surface area (Å²) in [7, 11) is 0. The van der Waals surface area contributed by atoms with Gasteiger partial charge in [0.2, 0.25) is 5.43 Å². The van der Waals surface area contributed by atoms with Gasteiger partial charge in [0.15, 0.2) is 5.75 Å². The van der Waals surface area contributed by atoms with E-state index in [2.05, 4.69) is 11.9 Å². The van der Waals surface area contributed by atoms with Crippen LogP contribution < -0.4 is 5.43 Å². The molecule has 0 spiro atoms. The van der Waals surface area contributed by atoms with Crippen molar-refractivity contribution < 1.29 is 5.11 Å². The summed E-state index contributed by atoms with van der Waals surface area (Å²) in [6.45, 7) is 2.16. The summed E-state index contributed by atoms with van der Waals surface area (Å²) in [4.78, 5) is 15.1. The Kier molecular flexibility index (Phi) is 4.03. The van der Waals surface area contributed by atoms with E-state index in [1.54, 1.807) is 12.1 Å². The predicted octanol–water partition coefficient (Wildman–Crippen LogP) is 3.36. The molecule has 0 amide bonds. The van der Waals surface area contributed by atoms with E-state index in [-0.39, 0.29) is 11.2 Å². The first-order valence-electron chi connectivity index (χ1n) is 6.57. The Morgan fingerprint density at radius 2 is 1.94 bits per heavy atom. The molecule has 0 bridgehead atoms. The summed E-state index contributed by atoms with van der Waals surface area (Å²) < 4.78 is 0. The summed E-state index contributed by atoms with van der Waals surface area (Å²) in [6.07, 6.45) is 5.23. The molecular formula is C15H19NO2. The molecule has 2 aromatic rings. The molecule has 0 aliphatic rings. The number of aromatic hydroxyl groups is 1. The Balaban J connectivity index is 2.28. The smallest absolute Gasteiger partial charge is 0.231 e. The number of rotatable bonds is 5. The molecule has 0 aliphatic heterocycles. The minimum absolute atomic E-state index is 0.120. The van der Waals surface area contributed by atoms with E-state index in [0.717, 1.165) is 24.8 Å². The highest BCUT2D eigenvalue weighted by molar-refractivity contribution is 5.79. The number of unbranched alkanes of at least 4 members (excludes halogenated alkanes) is 3. The monoisotopic (exact) mass is 245 g/mol. The van der Waals surface area contributed by atoms with Crippen molar-refractivity contribution in [1.82, 2.24) is 4.98 Å². The van der Waals surface area contributed by atoms with Crippen molar-refractivity contribution in [2.24, 2.45) is 0 Å². The van der Waals surface area contributed by atoms with Gasteiger partial charge in [-0.05, 0) is 25.0 Å². The third-order valence-electron chi connectivity index (χ3n) is 3.24. The standard InChI is InChI=1S/C15H19NO2/c1-2-3-4-5-10-13-15(18)14(17)11-8-6-7-9-12(11)16-13/h6-9,18H,2-5,10H2,1H3,(H,16,17). The zero-order valence-corrected chi connectivity index (χ0v) is 10.7. The number of pyridine rings is 1. The number of para-hydroxylation sites is 1. The Hall–Kier alpha value is -1.77. The van der Waals surface area contributed by atoms with E-state index in [4.69, 9.17) is 0 Å². The highest BCUT2D eigenvalue weighted by Crippen LogP contribution is 2.18. The Morgan fingerprint density at radius 1 is 1.17 bits per heavy atom. The molecule has 0 unspecified atom stereocenters. The first kappa shape index (κ1) is 12.7. The lowest BCUT2D eigenvalue weighted by molar-refractivity contribution is 0.458. The molecule has 0 radical (unpaired) electrons. The quantitative estimate of drug-likeness (QED) is 0.794. The van der Waals surface area contributed by atoms with Gasteiger partial charge in [0.25, 0.3) is 0 Å². The fraction of sp³-hybridized carbons (Fsp3) is 0.400. The molecule has 0 saturated carbocycles. The van der Waals surface area contributed by atoms with Gasteiger partial charge < -0.3 is 10.1 Å². The zero-order chi connectivity index (χ0) is 13.0. The number of aromatic nitrogens is 1. The zero-order valence-electron chi connectivity index (χ0n) is 10.7. The van der Waals surface area contributed by atoms with Crippen molar-refractivity contribution in [2.75, 3.05) is 0 Å². The van der Waals surface area contributed by atoms with E-state index < -0.39 is 0 Å². The molecule has 0 atom stereocenters. The van der Waals surface area contributed by atoms with Crippen LogP contribution in [0.15, 0.2) is 29.1 Å². The van der Waals surface area contributed by atoms with Gasteiger partial charge in [-0.2, -0.15) is 0 Å². The Bertz CT molecular complexity index is 587. The molecule has 0 saturated heterocycles. The van der Waals surface area contributed by atoms with Crippen molar-refractivity contribution >= 4 is 10.9 Å². The lowest BCUT2D eigenvalue weighted by atomic mass is 10.1. The molecule has 1 heterocycles. The van der Waals surface area contributed by atoms with Crippen LogP contribution in [0.5, 0.6) is 5.75 Å². The van der Waals surface area contributed by atoms with Crippen LogP contribution >= 0.6 is 0 Å². The fourth-order valence-electron chi connectivity index (χ4n) is 2.19. The average Bonchev–Trinajstić information content (AvgIpc) is 2.40. The van der Waals surface area contributed by atoms with E-state index in [1.165, 1.54) is 12.8 Å². The number of fused-ring (bicyclic) bond motifs is 1. The second-order valence-electron chi connectivity index (χ2n) is 4.64. The molecule has 1 aromatic carbocycles. The van der Waals surface area contributed by atoms with E-state index in [0.29, 0.717) is 11.1 Å². The molecule has 18 heavy (non-hydrogen) atoms. The maximum absolute atomic E-state index is 12.0. The van der Waals surface area contributed by atoms with Gasteiger partial charge >= 0.3 is 0 Å². The number of nitrogens with one attached hydrogen (secondary N) is 1. The van der Waals surface area contributed by atoms with Crippen LogP contribution in [0, 0.1) is 0 Å². The third-order valence-corrected chi connectivity index (χ3v) is 3.24. The predicted molar refractivity (Wildman–Crippen MR) is 74.1 cm³/mol. The number of aromatic amines is 1. The fourth-order valence-corrected chi connectivity index (χ4v) is 2.19. The van der Waals surface area contributed by atoms with E-state index >= 15 is 0 Å². The normalized spacial score (nSPS) is 10.9. The maximum Gasteiger partial charge on any atom is 0.231 e. The Labute approximate surface area is 106 Å². The van der Waals surface area contributed by atoms with Crippen LogP contribution in [0.1, 0.15) is 38.3 Å². The number of benzene rings is 1. The van der Waals surface area contributed by atoms with E-state index in [1.807, 2.05) is 12.1 Å². The molecule has 0 aliphatic carbocycles. The van der Waals surface area contributed by atoms with Gasteiger partial charge in [-0.15, -0.1) is 0 Å². The molecule has 2 rings (SSSR count). The van der Waals surface area contributed by atoms with Crippen molar-refractivity contribution in [1.29, 1.82) is 0 Å². The maximum atomic E-state index is 12.0. The topological polar surface area (TPSA) is 53.1 Å². The summed E-state index contributed by atoms with van der Waals surface area (Å²) in [5, 5.41) is 10.5. The van der Waals surface area contributed by atoms with Gasteiger partial charge in [0.1, 0.15) is 0 Å². The molecule has 1 aromatic heterocycles. The third kappa shape index (κ3) is 2.55. The minimum Gasteiger partial charge on any atom is -0.503 e. The molecule has 0 fully saturated rings. The van der Waals surface area contributed by atoms with Gasteiger partial charge in [-0.3, -0.25) is 4.79 Å². The largest absolute Gasteiger partial charge is 0.503 e. The van der Waals surface area contributed by atoms with Gasteiger partial charge in [-0.25, -0.2) is 0 Å². The molecule has 2 N–H and O–H groups in total. The lowest BCUT2D eigenvalue weighted by Crippen LogP contribution is -2.07. The second kappa shape index (κ2) is 5.71. The number of hydrogen-bond acceptors (Lipinski definition) is 2. The average molecular weight is 245 g/mol. The van der Waals surface area contributed by atoms with Gasteiger partial charge in [-0.1, -0.05) is 38.3 Å². The number of H-pyrrole nitrogens is 1. The van der Waals surface area contributed by atoms with Crippen LogP contribution in [0.2, 0.25) is 0 Å². The van der Waals surface area contributed by atoms with Crippen LogP contribution in [0.25, 0.3) is 10.9 Å². The minimum atomic E-state index is -0.269. The van der Waals surface area contributed by atoms with Crippen LogP contribution in [-0.4, -0.2) is 10.1 Å². The van der Waals surface area contributed by atoms with Crippen molar-refractivity contribution in [3.05, 3.63) is 40.2 Å². The van der Waals surface area contributed by atoms with Crippen molar-refractivity contribution in [3.8, 4) is 5.75 Å². The molecule has 96 valence electrons. The highest BCUT2D eigenvalue weighted by Gasteiger charge is 2.09. The van der Waals surface area contributed by atoms with Crippen LogP contribution in [0.3, 0.4) is 0 Å². The van der Waals surface area contributed by atoms with Crippen LogP contribution in [0.4, 0.5) is 0 Å². The lowest BCUT2D eigenvalue weighted by Gasteiger charge is -2.07. The van der Waals surface area contributed by atoms with Crippen molar-refractivity contribution in [3.63, 3.8) is 0 Å². The summed E-state index contributed by atoms with van der Waals surface area (Å²) >= 11 is 0. The first-order valence-corrected chi connectivity index (χ1v) is 6.57. The summed E-state index contributed by atoms with van der Waals surface area (Å²) in [6, 6.07) is 7.29. The molecular weight excluding hydrogens is 226 g/mol.